The number of hydrogen-bond acceptors (Lipinski definition) is 5. The van der Waals surface area contributed by atoms with E-state index >= 15 is 0 Å². The van der Waals surface area contributed by atoms with Crippen molar-refractivity contribution in [2.45, 2.75) is 19.8 Å². The SMILES string of the molecule is Cc1ccc(C(=O)N(CCCN(C)C)c2nc(CC(=O)Nc3ccc(Cl)cc3)cs2)cc1. The molecule has 2 aromatic carbocycles. The minimum Gasteiger partial charge on any atom is -0.326 e. The second kappa shape index (κ2) is 11.2. The van der Waals surface area contributed by atoms with E-state index in [1.165, 1.54) is 11.3 Å². The van der Waals surface area contributed by atoms with E-state index in [2.05, 4.69) is 15.2 Å². The zero-order chi connectivity index (χ0) is 23.1. The number of nitrogens with zero attached hydrogens (tertiary/aromatic N) is 3. The van der Waals surface area contributed by atoms with E-state index in [1.54, 1.807) is 29.2 Å². The van der Waals surface area contributed by atoms with Gasteiger partial charge in [0.15, 0.2) is 5.13 Å². The third-order valence-corrected chi connectivity index (χ3v) is 5.94. The zero-order valence-corrected chi connectivity index (χ0v) is 20.0. The molecule has 0 atom stereocenters. The van der Waals surface area contributed by atoms with Crippen molar-refractivity contribution in [1.29, 1.82) is 0 Å². The van der Waals surface area contributed by atoms with E-state index < -0.39 is 0 Å². The maximum Gasteiger partial charge on any atom is 0.260 e. The molecular weight excluding hydrogens is 444 g/mol. The molecule has 1 heterocycles. The van der Waals surface area contributed by atoms with Crippen LogP contribution in [0.25, 0.3) is 0 Å². The number of nitrogens with one attached hydrogen (secondary N) is 1. The van der Waals surface area contributed by atoms with Gasteiger partial charge < -0.3 is 10.2 Å². The van der Waals surface area contributed by atoms with Crippen LogP contribution in [0.3, 0.4) is 0 Å². The third kappa shape index (κ3) is 6.88. The summed E-state index contributed by atoms with van der Waals surface area (Å²) in [7, 11) is 4.01. The minimum atomic E-state index is -0.173. The zero-order valence-electron chi connectivity index (χ0n) is 18.5. The van der Waals surface area contributed by atoms with Gasteiger partial charge in [0, 0.05) is 28.2 Å². The molecule has 0 unspecified atom stereocenters. The van der Waals surface area contributed by atoms with Gasteiger partial charge in [0.2, 0.25) is 5.91 Å². The van der Waals surface area contributed by atoms with E-state index in [9.17, 15) is 9.59 Å². The van der Waals surface area contributed by atoms with Gasteiger partial charge in [-0.05, 0) is 70.4 Å². The van der Waals surface area contributed by atoms with Crippen LogP contribution in [-0.4, -0.2) is 48.9 Å². The van der Waals surface area contributed by atoms with Gasteiger partial charge in [0.25, 0.3) is 5.91 Å². The van der Waals surface area contributed by atoms with Crippen molar-refractivity contribution in [3.05, 3.63) is 75.8 Å². The highest BCUT2D eigenvalue weighted by molar-refractivity contribution is 7.14. The Morgan fingerprint density at radius 2 is 1.72 bits per heavy atom. The van der Waals surface area contributed by atoms with Gasteiger partial charge >= 0.3 is 0 Å². The molecule has 32 heavy (non-hydrogen) atoms. The van der Waals surface area contributed by atoms with Crippen molar-refractivity contribution in [1.82, 2.24) is 9.88 Å². The van der Waals surface area contributed by atoms with Crippen molar-refractivity contribution in [2.75, 3.05) is 37.4 Å². The maximum absolute atomic E-state index is 13.2. The number of halogens is 1. The number of benzene rings is 2. The van der Waals surface area contributed by atoms with E-state index in [-0.39, 0.29) is 18.2 Å². The number of rotatable bonds is 9. The van der Waals surface area contributed by atoms with Gasteiger partial charge in [-0.15, -0.1) is 11.3 Å². The quantitative estimate of drug-likeness (QED) is 0.483. The minimum absolute atomic E-state index is 0.0877. The van der Waals surface area contributed by atoms with Gasteiger partial charge in [-0.1, -0.05) is 29.3 Å². The Morgan fingerprint density at radius 1 is 1.03 bits per heavy atom. The van der Waals surface area contributed by atoms with E-state index in [0.717, 1.165) is 18.5 Å². The fourth-order valence-electron chi connectivity index (χ4n) is 3.09. The smallest absolute Gasteiger partial charge is 0.260 e. The van der Waals surface area contributed by atoms with Crippen LogP contribution in [0, 0.1) is 6.92 Å². The van der Waals surface area contributed by atoms with Crippen LogP contribution >= 0.6 is 22.9 Å². The molecular formula is C24H27ClN4O2S. The Labute approximate surface area is 197 Å². The second-order valence-electron chi connectivity index (χ2n) is 7.83. The molecule has 0 aliphatic rings. The molecule has 0 bridgehead atoms. The van der Waals surface area contributed by atoms with Gasteiger partial charge in [0.1, 0.15) is 0 Å². The summed E-state index contributed by atoms with van der Waals surface area (Å²) in [6.07, 6.45) is 0.944. The molecule has 0 spiro atoms. The third-order valence-electron chi connectivity index (χ3n) is 4.77. The predicted octanol–water partition coefficient (Wildman–Crippen LogP) is 4.88. The van der Waals surface area contributed by atoms with Crippen LogP contribution < -0.4 is 10.2 Å². The van der Waals surface area contributed by atoms with Gasteiger partial charge in [-0.25, -0.2) is 4.98 Å². The normalized spacial score (nSPS) is 10.9. The van der Waals surface area contributed by atoms with Gasteiger partial charge in [-0.2, -0.15) is 0 Å². The molecule has 1 N–H and O–H groups in total. The summed E-state index contributed by atoms with van der Waals surface area (Å²) in [4.78, 5) is 34.0. The molecule has 2 amide bonds. The lowest BCUT2D eigenvalue weighted by molar-refractivity contribution is -0.115. The van der Waals surface area contributed by atoms with Crippen molar-refractivity contribution in [2.24, 2.45) is 0 Å². The van der Waals surface area contributed by atoms with Gasteiger partial charge in [0.05, 0.1) is 12.1 Å². The van der Waals surface area contributed by atoms with Crippen LogP contribution in [0.15, 0.2) is 53.9 Å². The number of hydrogen-bond donors (Lipinski definition) is 1. The van der Waals surface area contributed by atoms with E-state index in [0.29, 0.717) is 33.6 Å². The molecule has 6 nitrogen and oxygen atoms in total. The summed E-state index contributed by atoms with van der Waals surface area (Å²) >= 11 is 7.26. The standard InChI is InChI=1S/C24H27ClN4O2S/c1-17-5-7-18(8-6-17)23(31)29(14-4-13-28(2)3)24-27-21(16-32-24)15-22(30)26-20-11-9-19(25)10-12-20/h5-12,16H,4,13-15H2,1-3H3,(H,26,30). The molecule has 0 fully saturated rings. The molecule has 3 rings (SSSR count). The fourth-order valence-corrected chi connectivity index (χ4v) is 4.06. The number of amides is 2. The molecule has 0 aliphatic heterocycles. The number of carbonyl (C=O) groups is 2. The van der Waals surface area contributed by atoms with Crippen LogP contribution in [0.4, 0.5) is 10.8 Å². The molecule has 8 heteroatoms. The lowest BCUT2D eigenvalue weighted by Gasteiger charge is -2.21. The molecule has 0 saturated heterocycles. The summed E-state index contributed by atoms with van der Waals surface area (Å²) < 4.78 is 0. The average Bonchev–Trinajstić information content (AvgIpc) is 3.20. The molecule has 168 valence electrons. The molecule has 1 aromatic heterocycles. The topological polar surface area (TPSA) is 65.5 Å². The summed E-state index contributed by atoms with van der Waals surface area (Å²) in [6.45, 7) is 3.40. The lowest BCUT2D eigenvalue weighted by atomic mass is 10.1. The summed E-state index contributed by atoms with van der Waals surface area (Å²) in [5.74, 6) is -0.261. The molecule has 3 aromatic rings. The highest BCUT2D eigenvalue weighted by atomic mass is 35.5. The van der Waals surface area contributed by atoms with Gasteiger partial charge in [-0.3, -0.25) is 14.5 Å². The highest BCUT2D eigenvalue weighted by Gasteiger charge is 2.21. The lowest BCUT2D eigenvalue weighted by Crippen LogP contribution is -2.33. The Bertz CT molecular complexity index is 1050. The first kappa shape index (κ1) is 23.9. The van der Waals surface area contributed by atoms with Crippen molar-refractivity contribution >= 4 is 45.6 Å². The maximum atomic E-state index is 13.2. The Hall–Kier alpha value is -2.74. The number of aryl methyl sites for hydroxylation is 1. The molecule has 0 aliphatic carbocycles. The van der Waals surface area contributed by atoms with E-state index in [4.69, 9.17) is 11.6 Å². The van der Waals surface area contributed by atoms with E-state index in [1.807, 2.05) is 50.7 Å². The highest BCUT2D eigenvalue weighted by Crippen LogP contribution is 2.24. The van der Waals surface area contributed by atoms with Crippen LogP contribution in [0.5, 0.6) is 0 Å². The average molecular weight is 471 g/mol. The Morgan fingerprint density at radius 3 is 2.38 bits per heavy atom. The number of aromatic nitrogens is 1. The summed E-state index contributed by atoms with van der Waals surface area (Å²) in [5.41, 5.74) is 3.03. The summed E-state index contributed by atoms with van der Waals surface area (Å²) in [5, 5.41) is 5.88. The Balaban J connectivity index is 1.72. The monoisotopic (exact) mass is 470 g/mol. The first-order valence-electron chi connectivity index (χ1n) is 10.3. The molecule has 0 radical (unpaired) electrons. The van der Waals surface area contributed by atoms with Crippen molar-refractivity contribution in [3.63, 3.8) is 0 Å². The second-order valence-corrected chi connectivity index (χ2v) is 9.11. The van der Waals surface area contributed by atoms with Crippen LogP contribution in [-0.2, 0) is 11.2 Å². The fraction of sp³-hybridized carbons (Fsp3) is 0.292. The van der Waals surface area contributed by atoms with Crippen LogP contribution in [0.2, 0.25) is 5.02 Å². The number of thiazole rings is 1. The predicted molar refractivity (Wildman–Crippen MR) is 132 cm³/mol. The van der Waals surface area contributed by atoms with Crippen LogP contribution in [0.1, 0.15) is 28.0 Å². The van der Waals surface area contributed by atoms with Crippen molar-refractivity contribution in [3.8, 4) is 0 Å². The largest absolute Gasteiger partial charge is 0.326 e. The first-order valence-corrected chi connectivity index (χ1v) is 11.6. The molecule has 0 saturated carbocycles. The summed E-state index contributed by atoms with van der Waals surface area (Å²) in [6, 6.07) is 14.5. The first-order chi connectivity index (χ1) is 15.3. The Kier molecular flexibility index (Phi) is 8.39. The number of anilines is 2. The van der Waals surface area contributed by atoms with Crippen molar-refractivity contribution < 1.29 is 9.59 Å². The number of carbonyl (C=O) groups excluding carboxylic acids is 2.